The zero-order valence-electron chi connectivity index (χ0n) is 15.3. The fraction of sp³-hybridized carbons (Fsp3) is 0.444. The summed E-state index contributed by atoms with van der Waals surface area (Å²) in [6, 6.07) is 0.437. The van der Waals surface area contributed by atoms with Gasteiger partial charge in [-0.1, -0.05) is 24.3 Å². The summed E-state index contributed by atoms with van der Waals surface area (Å²) >= 11 is 0. The molecule has 2 N–H and O–H groups in total. The quantitative estimate of drug-likeness (QED) is 0.819. The summed E-state index contributed by atoms with van der Waals surface area (Å²) in [6.45, 7) is 6.50. The fourth-order valence-corrected chi connectivity index (χ4v) is 3.29. The second-order valence-corrected chi connectivity index (χ2v) is 6.43. The molecule has 26 heavy (non-hydrogen) atoms. The highest BCUT2D eigenvalue weighted by molar-refractivity contribution is 5.91. The number of hydrogen-bond donors (Lipinski definition) is 2. The zero-order chi connectivity index (χ0) is 18.1. The molecule has 2 aromatic heterocycles. The molecule has 0 fully saturated rings. The molecule has 0 spiro atoms. The molecule has 8 heteroatoms. The Morgan fingerprint density at radius 1 is 1.19 bits per heavy atom. The second-order valence-electron chi connectivity index (χ2n) is 6.43. The third kappa shape index (κ3) is 2.91. The van der Waals surface area contributed by atoms with E-state index in [4.69, 9.17) is 9.98 Å². The van der Waals surface area contributed by atoms with Crippen LogP contribution < -0.4 is 15.5 Å². The van der Waals surface area contributed by atoms with Crippen molar-refractivity contribution in [2.75, 3.05) is 29.9 Å². The Labute approximate surface area is 152 Å². The van der Waals surface area contributed by atoms with Crippen molar-refractivity contribution in [3.05, 3.63) is 30.6 Å². The molecule has 2 aliphatic rings. The maximum Gasteiger partial charge on any atom is 0.229 e. The number of anilines is 2. The van der Waals surface area contributed by atoms with E-state index in [0.717, 1.165) is 41.9 Å². The van der Waals surface area contributed by atoms with Gasteiger partial charge in [-0.15, -0.1) is 0 Å². The van der Waals surface area contributed by atoms with Gasteiger partial charge < -0.3 is 20.1 Å². The van der Waals surface area contributed by atoms with Crippen molar-refractivity contribution < 1.29 is 0 Å². The molecule has 136 valence electrons. The highest BCUT2D eigenvalue weighted by atomic mass is 15.3. The van der Waals surface area contributed by atoms with Crippen molar-refractivity contribution in [1.29, 1.82) is 0 Å². The van der Waals surface area contributed by atoms with Crippen molar-refractivity contribution in [3.8, 4) is 0 Å². The van der Waals surface area contributed by atoms with Gasteiger partial charge in [0.05, 0.1) is 25.0 Å². The number of rotatable bonds is 6. The molecule has 0 aromatic carbocycles. The monoisotopic (exact) mass is 352 g/mol. The maximum atomic E-state index is 4.73. The van der Waals surface area contributed by atoms with E-state index in [1.807, 2.05) is 17.7 Å². The average molecular weight is 352 g/mol. The van der Waals surface area contributed by atoms with Crippen LogP contribution in [-0.4, -0.2) is 57.1 Å². The van der Waals surface area contributed by atoms with Gasteiger partial charge in [-0.25, -0.2) is 4.98 Å². The lowest BCUT2D eigenvalue weighted by atomic mass is 10.1. The lowest BCUT2D eigenvalue weighted by Gasteiger charge is -2.19. The van der Waals surface area contributed by atoms with Crippen LogP contribution in [0.3, 0.4) is 0 Å². The van der Waals surface area contributed by atoms with Crippen molar-refractivity contribution in [3.63, 3.8) is 0 Å². The maximum absolute atomic E-state index is 4.73. The minimum absolute atomic E-state index is 0.184. The van der Waals surface area contributed by atoms with E-state index in [-0.39, 0.29) is 12.1 Å². The topological polar surface area (TPSA) is 83.3 Å². The van der Waals surface area contributed by atoms with Gasteiger partial charge in [-0.2, -0.15) is 9.97 Å². The molecule has 1 aliphatic carbocycles. The number of nitrogens with zero attached hydrogens (tertiary/aromatic N) is 6. The molecule has 2 unspecified atom stereocenters. The first-order valence-corrected chi connectivity index (χ1v) is 9.05. The summed E-state index contributed by atoms with van der Waals surface area (Å²) in [5.41, 5.74) is 1.60. The normalized spacial score (nSPS) is 20.8. The Morgan fingerprint density at radius 2 is 2.00 bits per heavy atom. The largest absolute Gasteiger partial charge is 0.364 e. The number of nitrogens with one attached hydrogen (secondary N) is 2. The van der Waals surface area contributed by atoms with E-state index in [1.165, 1.54) is 0 Å². The number of amidine groups is 1. The van der Waals surface area contributed by atoms with Crippen molar-refractivity contribution in [1.82, 2.24) is 24.8 Å². The summed E-state index contributed by atoms with van der Waals surface area (Å²) in [4.78, 5) is 20.7. The summed E-state index contributed by atoms with van der Waals surface area (Å²) < 4.78 is 1.92. The fourth-order valence-electron chi connectivity index (χ4n) is 3.29. The average Bonchev–Trinajstić information content (AvgIpc) is 3.24. The van der Waals surface area contributed by atoms with Crippen molar-refractivity contribution >= 4 is 28.8 Å². The Bertz CT molecular complexity index is 890. The van der Waals surface area contributed by atoms with Gasteiger partial charge in [-0.05, 0) is 13.8 Å². The number of aromatic nitrogens is 4. The number of allylic oxidation sites excluding steroid dienone is 2. The number of aryl methyl sites for hydroxylation is 1. The Kier molecular flexibility index (Phi) is 4.32. The predicted molar refractivity (Wildman–Crippen MR) is 105 cm³/mol. The number of imidazole rings is 1. The smallest absolute Gasteiger partial charge is 0.229 e. The van der Waals surface area contributed by atoms with Crippen LogP contribution >= 0.6 is 0 Å². The van der Waals surface area contributed by atoms with Crippen LogP contribution in [0, 0.1) is 0 Å². The molecule has 2 atom stereocenters. The third-order valence-corrected chi connectivity index (χ3v) is 4.76. The van der Waals surface area contributed by atoms with Gasteiger partial charge in [0.1, 0.15) is 5.84 Å². The molecule has 4 rings (SSSR count). The minimum atomic E-state index is 0.184. The van der Waals surface area contributed by atoms with Crippen LogP contribution in [0.25, 0.3) is 11.2 Å². The van der Waals surface area contributed by atoms with Crippen molar-refractivity contribution in [2.24, 2.45) is 12.0 Å². The van der Waals surface area contributed by atoms with Crippen LogP contribution in [0.1, 0.15) is 13.8 Å². The first kappa shape index (κ1) is 16.6. The number of fused-ring (bicyclic) bond motifs is 2. The van der Waals surface area contributed by atoms with Crippen molar-refractivity contribution in [2.45, 2.75) is 25.9 Å². The van der Waals surface area contributed by atoms with Crippen LogP contribution in [0.15, 0.2) is 35.6 Å². The standard InChI is InChI=1S/C18H24N8/c1-4-26(5-2)18-23-16(15-17(24-18)25(3)11-20-15)19-10-14-21-12-8-6-7-9-13(12)22-14/h6-9,11-13H,4-5,10H2,1-3H3,(H,21,22)(H,19,23,24). The molecule has 0 amide bonds. The minimum Gasteiger partial charge on any atom is -0.364 e. The highest BCUT2D eigenvalue weighted by Crippen LogP contribution is 2.22. The predicted octanol–water partition coefficient (Wildman–Crippen LogP) is 1.49. The Morgan fingerprint density at radius 3 is 2.77 bits per heavy atom. The molecular weight excluding hydrogens is 328 g/mol. The van der Waals surface area contributed by atoms with Crippen LogP contribution in [0.4, 0.5) is 11.8 Å². The lowest BCUT2D eigenvalue weighted by Crippen LogP contribution is -2.35. The number of aliphatic imine (C=N–C) groups is 1. The van der Waals surface area contributed by atoms with Gasteiger partial charge in [-0.3, -0.25) is 4.99 Å². The van der Waals surface area contributed by atoms with E-state index in [9.17, 15) is 0 Å². The molecule has 1 aliphatic heterocycles. The first-order valence-electron chi connectivity index (χ1n) is 9.05. The molecule has 0 saturated carbocycles. The van der Waals surface area contributed by atoms with Gasteiger partial charge in [0.25, 0.3) is 0 Å². The van der Waals surface area contributed by atoms with Gasteiger partial charge >= 0.3 is 0 Å². The van der Waals surface area contributed by atoms with Gasteiger partial charge in [0.15, 0.2) is 17.0 Å². The summed E-state index contributed by atoms with van der Waals surface area (Å²) in [7, 11) is 1.95. The van der Waals surface area contributed by atoms with Gasteiger partial charge in [0.2, 0.25) is 5.95 Å². The molecule has 8 nitrogen and oxygen atoms in total. The summed E-state index contributed by atoms with van der Waals surface area (Å²) in [6.07, 6.45) is 10.1. The summed E-state index contributed by atoms with van der Waals surface area (Å²) in [5, 5.41) is 6.85. The summed E-state index contributed by atoms with van der Waals surface area (Å²) in [5.74, 6) is 2.39. The lowest BCUT2D eigenvalue weighted by molar-refractivity contribution is 0.694. The molecule has 2 aromatic rings. The molecule has 3 heterocycles. The zero-order valence-corrected chi connectivity index (χ0v) is 15.3. The molecule has 0 bridgehead atoms. The molecule has 0 saturated heterocycles. The first-order chi connectivity index (χ1) is 12.7. The van der Waals surface area contributed by atoms with E-state index in [0.29, 0.717) is 6.54 Å². The SMILES string of the molecule is CCN(CC)c1nc(NCC2=NC3C=CC=CC3N2)c2ncn(C)c2n1. The van der Waals surface area contributed by atoms with Crippen LogP contribution in [0.2, 0.25) is 0 Å². The number of hydrogen-bond acceptors (Lipinski definition) is 7. The van der Waals surface area contributed by atoms with Gasteiger partial charge in [0, 0.05) is 20.1 Å². The molecule has 0 radical (unpaired) electrons. The van der Waals surface area contributed by atoms with Crippen LogP contribution in [-0.2, 0) is 7.05 Å². The Hall–Kier alpha value is -2.90. The second kappa shape index (κ2) is 6.78. The van der Waals surface area contributed by atoms with E-state index in [1.54, 1.807) is 6.33 Å². The Balaban J connectivity index is 1.59. The van der Waals surface area contributed by atoms with Crippen LogP contribution in [0.5, 0.6) is 0 Å². The van der Waals surface area contributed by atoms with E-state index < -0.39 is 0 Å². The molecular formula is C18H24N8. The third-order valence-electron chi connectivity index (χ3n) is 4.76. The highest BCUT2D eigenvalue weighted by Gasteiger charge is 2.25. The van der Waals surface area contributed by atoms with E-state index >= 15 is 0 Å². The van der Waals surface area contributed by atoms with E-state index in [2.05, 4.69) is 57.6 Å².